The Balaban J connectivity index is 1.91. The molecule has 0 aliphatic carbocycles. The van der Waals surface area contributed by atoms with E-state index in [1.807, 2.05) is 38.1 Å². The number of benzene rings is 1. The highest BCUT2D eigenvalue weighted by atomic mass is 16.3. The molecule has 0 aliphatic rings. The molecule has 0 bridgehead atoms. The Kier molecular flexibility index (Phi) is 3.97. The molecule has 1 aromatic carbocycles. The number of nitrogens with zero attached hydrogens (tertiary/aromatic N) is 1. The fourth-order valence-corrected chi connectivity index (χ4v) is 1.71. The van der Waals surface area contributed by atoms with Gasteiger partial charge in [-0.15, -0.1) is 0 Å². The van der Waals surface area contributed by atoms with Crippen LogP contribution in [-0.4, -0.2) is 27.5 Å². The molecule has 0 fully saturated rings. The fraction of sp³-hybridized carbons (Fsp3) is 0.286. The van der Waals surface area contributed by atoms with Gasteiger partial charge in [0, 0.05) is 18.4 Å². The van der Waals surface area contributed by atoms with Crippen LogP contribution in [-0.2, 0) is 0 Å². The molecule has 0 saturated carbocycles. The van der Waals surface area contributed by atoms with Crippen LogP contribution in [0.2, 0.25) is 0 Å². The van der Waals surface area contributed by atoms with Crippen LogP contribution in [0.3, 0.4) is 0 Å². The van der Waals surface area contributed by atoms with Crippen molar-refractivity contribution in [2.24, 2.45) is 0 Å². The molecular weight excluding hydrogens is 242 g/mol. The molecule has 1 atom stereocenters. The van der Waals surface area contributed by atoms with Crippen molar-refractivity contribution in [1.82, 2.24) is 15.3 Å². The topological polar surface area (TPSA) is 78.0 Å². The molecule has 0 radical (unpaired) electrons. The van der Waals surface area contributed by atoms with Gasteiger partial charge in [-0.3, -0.25) is 4.79 Å². The molecule has 5 nitrogen and oxygen atoms in total. The van der Waals surface area contributed by atoms with Crippen molar-refractivity contribution < 1.29 is 9.90 Å². The molecule has 0 spiro atoms. The van der Waals surface area contributed by atoms with Crippen molar-refractivity contribution >= 4 is 5.91 Å². The number of carbonyl (C=O) groups excluding carboxylic acids is 1. The van der Waals surface area contributed by atoms with E-state index in [1.165, 1.54) is 0 Å². The molecule has 1 amide bonds. The van der Waals surface area contributed by atoms with E-state index in [9.17, 15) is 9.90 Å². The van der Waals surface area contributed by atoms with Crippen molar-refractivity contribution in [1.29, 1.82) is 0 Å². The Labute approximate surface area is 111 Å². The van der Waals surface area contributed by atoms with Crippen molar-refractivity contribution in [3.63, 3.8) is 0 Å². The number of hydrogen-bond donors (Lipinski definition) is 3. The van der Waals surface area contributed by atoms with Gasteiger partial charge in [0.2, 0.25) is 0 Å². The predicted octanol–water partition coefficient (Wildman–Crippen LogP) is 1.49. The van der Waals surface area contributed by atoms with Gasteiger partial charge in [-0.05, 0) is 19.4 Å². The minimum atomic E-state index is -0.722. The Morgan fingerprint density at radius 3 is 2.63 bits per heavy atom. The number of hydrogen-bond acceptors (Lipinski definition) is 3. The molecule has 2 rings (SSSR count). The largest absolute Gasteiger partial charge is 0.387 e. The summed E-state index contributed by atoms with van der Waals surface area (Å²) in [5, 5.41) is 12.6. The van der Waals surface area contributed by atoms with E-state index in [-0.39, 0.29) is 18.3 Å². The number of aromatic amines is 1. The van der Waals surface area contributed by atoms with Gasteiger partial charge >= 0.3 is 0 Å². The van der Waals surface area contributed by atoms with Crippen LogP contribution in [0.4, 0.5) is 0 Å². The van der Waals surface area contributed by atoms with Crippen molar-refractivity contribution in [3.05, 3.63) is 53.1 Å². The third-order valence-corrected chi connectivity index (χ3v) is 2.84. The summed E-state index contributed by atoms with van der Waals surface area (Å²) in [6.45, 7) is 3.96. The molecule has 1 aromatic heterocycles. The molecule has 3 N–H and O–H groups in total. The summed E-state index contributed by atoms with van der Waals surface area (Å²) in [6, 6.07) is 7.55. The first-order chi connectivity index (χ1) is 9.06. The Hall–Kier alpha value is -2.14. The first-order valence-corrected chi connectivity index (χ1v) is 6.10. The number of amides is 1. The van der Waals surface area contributed by atoms with Crippen LogP contribution < -0.4 is 5.32 Å². The second kappa shape index (κ2) is 5.67. The monoisotopic (exact) mass is 259 g/mol. The van der Waals surface area contributed by atoms with E-state index >= 15 is 0 Å². The smallest absolute Gasteiger partial charge is 0.287 e. The van der Waals surface area contributed by atoms with E-state index in [4.69, 9.17) is 0 Å². The molecule has 5 heteroatoms. The second-order valence-corrected chi connectivity index (χ2v) is 4.55. The number of nitrogens with one attached hydrogen (secondary N) is 2. The molecule has 2 aromatic rings. The van der Waals surface area contributed by atoms with E-state index < -0.39 is 6.10 Å². The van der Waals surface area contributed by atoms with Gasteiger partial charge in [-0.2, -0.15) is 0 Å². The third kappa shape index (κ3) is 3.42. The summed E-state index contributed by atoms with van der Waals surface area (Å²) in [4.78, 5) is 18.5. The first-order valence-electron chi connectivity index (χ1n) is 6.10. The van der Waals surface area contributed by atoms with Crippen LogP contribution in [0.15, 0.2) is 30.5 Å². The van der Waals surface area contributed by atoms with Gasteiger partial charge in [0.25, 0.3) is 5.91 Å². The van der Waals surface area contributed by atoms with Gasteiger partial charge in [-0.1, -0.05) is 29.8 Å². The lowest BCUT2D eigenvalue weighted by molar-refractivity contribution is 0.0907. The van der Waals surface area contributed by atoms with E-state index in [0.29, 0.717) is 0 Å². The van der Waals surface area contributed by atoms with Crippen LogP contribution in [0.25, 0.3) is 0 Å². The first kappa shape index (κ1) is 13.3. The molecule has 19 heavy (non-hydrogen) atoms. The summed E-state index contributed by atoms with van der Waals surface area (Å²) >= 11 is 0. The molecule has 1 heterocycles. The standard InChI is InChI=1S/C14H17N3O2/c1-9-3-5-11(6-4-9)12(18)8-16-14(19)13-15-7-10(2)17-13/h3-7,12,18H,8H2,1-2H3,(H,15,17)(H,16,19). The lowest BCUT2D eigenvalue weighted by Crippen LogP contribution is -2.29. The number of carbonyl (C=O) groups is 1. The summed E-state index contributed by atoms with van der Waals surface area (Å²) in [7, 11) is 0. The maximum Gasteiger partial charge on any atom is 0.287 e. The fourth-order valence-electron chi connectivity index (χ4n) is 1.71. The van der Waals surface area contributed by atoms with Gasteiger partial charge < -0.3 is 15.4 Å². The van der Waals surface area contributed by atoms with Gasteiger partial charge in [0.15, 0.2) is 5.82 Å². The number of aliphatic hydroxyl groups is 1. The maximum atomic E-state index is 11.7. The maximum absolute atomic E-state index is 11.7. The van der Waals surface area contributed by atoms with Gasteiger partial charge in [0.1, 0.15) is 0 Å². The van der Waals surface area contributed by atoms with Gasteiger partial charge in [0.05, 0.1) is 6.10 Å². The van der Waals surface area contributed by atoms with Crippen LogP contribution in [0, 0.1) is 13.8 Å². The SMILES string of the molecule is Cc1ccc(C(O)CNC(=O)c2ncc(C)[nH]2)cc1. The average molecular weight is 259 g/mol. The zero-order chi connectivity index (χ0) is 13.8. The third-order valence-electron chi connectivity index (χ3n) is 2.84. The molecule has 0 aliphatic heterocycles. The van der Waals surface area contributed by atoms with E-state index in [2.05, 4.69) is 15.3 Å². The highest BCUT2D eigenvalue weighted by Gasteiger charge is 2.12. The highest BCUT2D eigenvalue weighted by Crippen LogP contribution is 2.12. The highest BCUT2D eigenvalue weighted by molar-refractivity contribution is 5.90. The molecular formula is C14H17N3O2. The van der Waals surface area contributed by atoms with Crippen molar-refractivity contribution in [2.45, 2.75) is 20.0 Å². The lowest BCUT2D eigenvalue weighted by atomic mass is 10.1. The summed E-state index contributed by atoms with van der Waals surface area (Å²) in [6.07, 6.45) is 0.867. The van der Waals surface area contributed by atoms with Crippen molar-refractivity contribution in [2.75, 3.05) is 6.54 Å². The van der Waals surface area contributed by atoms with Crippen LogP contribution in [0.1, 0.15) is 33.5 Å². The summed E-state index contributed by atoms with van der Waals surface area (Å²) in [5.41, 5.74) is 2.73. The number of aliphatic hydroxyl groups excluding tert-OH is 1. The zero-order valence-corrected chi connectivity index (χ0v) is 11.0. The molecule has 100 valence electrons. The number of aryl methyl sites for hydroxylation is 2. The van der Waals surface area contributed by atoms with Gasteiger partial charge in [-0.25, -0.2) is 4.98 Å². The number of H-pyrrole nitrogens is 1. The van der Waals surface area contributed by atoms with Crippen LogP contribution >= 0.6 is 0 Å². The number of aromatic nitrogens is 2. The summed E-state index contributed by atoms with van der Waals surface area (Å²) in [5.74, 6) is -0.0622. The quantitative estimate of drug-likeness (QED) is 0.778. The van der Waals surface area contributed by atoms with E-state index in [0.717, 1.165) is 16.8 Å². The molecule has 0 saturated heterocycles. The van der Waals surface area contributed by atoms with Crippen molar-refractivity contribution in [3.8, 4) is 0 Å². The Morgan fingerprint density at radius 1 is 1.37 bits per heavy atom. The van der Waals surface area contributed by atoms with E-state index in [1.54, 1.807) is 6.20 Å². The average Bonchev–Trinajstić information content (AvgIpc) is 2.83. The minimum absolute atomic E-state index is 0.154. The number of imidazole rings is 1. The number of rotatable bonds is 4. The minimum Gasteiger partial charge on any atom is -0.387 e. The molecule has 1 unspecified atom stereocenters. The normalized spacial score (nSPS) is 12.2. The second-order valence-electron chi connectivity index (χ2n) is 4.55. The zero-order valence-electron chi connectivity index (χ0n) is 11.0. The predicted molar refractivity (Wildman–Crippen MR) is 71.8 cm³/mol. The lowest BCUT2D eigenvalue weighted by Gasteiger charge is -2.11. The Bertz CT molecular complexity index is 560. The summed E-state index contributed by atoms with van der Waals surface area (Å²) < 4.78 is 0. The Morgan fingerprint density at radius 2 is 2.05 bits per heavy atom. The van der Waals surface area contributed by atoms with Crippen LogP contribution in [0.5, 0.6) is 0 Å².